The molecule has 1 amide bonds. The molecule has 1 aromatic heterocycles. The minimum absolute atomic E-state index is 0.0314. The van der Waals surface area contributed by atoms with Gasteiger partial charge in [-0.1, -0.05) is 62.4 Å². The molecule has 0 fully saturated rings. The van der Waals surface area contributed by atoms with E-state index in [1.807, 2.05) is 31.2 Å². The maximum atomic E-state index is 12.4. The Morgan fingerprint density at radius 3 is 2.24 bits per heavy atom. The molecule has 0 aliphatic heterocycles. The summed E-state index contributed by atoms with van der Waals surface area (Å²) in [4.78, 5) is 12.4. The number of nitrogens with zero attached hydrogens (tertiary/aromatic N) is 2. The van der Waals surface area contributed by atoms with Gasteiger partial charge in [0.1, 0.15) is 12.6 Å². The van der Waals surface area contributed by atoms with Crippen LogP contribution in [0, 0.1) is 0 Å². The number of hydrogen-bond donors (Lipinski definition) is 1. The fourth-order valence-electron chi connectivity index (χ4n) is 3.67. The molecule has 0 unspecified atom stereocenters. The van der Waals surface area contributed by atoms with Crippen LogP contribution in [0.25, 0.3) is 11.1 Å². The van der Waals surface area contributed by atoms with Crippen LogP contribution in [0.3, 0.4) is 0 Å². The summed E-state index contributed by atoms with van der Waals surface area (Å²) in [6, 6.07) is 16.1. The lowest BCUT2D eigenvalue weighted by Crippen LogP contribution is -2.29. The second-order valence-corrected chi connectivity index (χ2v) is 7.48. The van der Waals surface area contributed by atoms with Crippen molar-refractivity contribution in [3.05, 3.63) is 71.4 Å². The lowest BCUT2D eigenvalue weighted by atomic mass is 9.98. The molecular weight excluding hydrogens is 366 g/mol. The number of ether oxygens (including phenoxy) is 1. The van der Waals surface area contributed by atoms with Crippen LogP contribution in [-0.4, -0.2) is 22.9 Å². The van der Waals surface area contributed by atoms with E-state index in [2.05, 4.69) is 46.7 Å². The van der Waals surface area contributed by atoms with Crippen LogP contribution in [0.15, 0.2) is 52.9 Å². The summed E-state index contributed by atoms with van der Waals surface area (Å²) >= 11 is 0. The Labute approximate surface area is 170 Å². The Morgan fingerprint density at radius 2 is 1.62 bits per heavy atom. The molecule has 1 N–H and O–H groups in total. The smallest absolute Gasteiger partial charge is 0.407 e. The molecule has 1 aliphatic carbocycles. The van der Waals surface area contributed by atoms with Crippen LogP contribution < -0.4 is 5.32 Å². The van der Waals surface area contributed by atoms with Gasteiger partial charge in [0.05, 0.1) is 0 Å². The molecule has 29 heavy (non-hydrogen) atoms. The van der Waals surface area contributed by atoms with Crippen molar-refractivity contribution in [2.24, 2.45) is 0 Å². The van der Waals surface area contributed by atoms with Crippen molar-refractivity contribution in [2.75, 3.05) is 6.61 Å². The summed E-state index contributed by atoms with van der Waals surface area (Å²) in [6.45, 7) is 6.16. The van der Waals surface area contributed by atoms with E-state index < -0.39 is 12.1 Å². The highest BCUT2D eigenvalue weighted by molar-refractivity contribution is 5.79. The molecule has 0 saturated heterocycles. The molecule has 1 heterocycles. The highest BCUT2D eigenvalue weighted by atomic mass is 16.5. The van der Waals surface area contributed by atoms with Gasteiger partial charge in [0.15, 0.2) is 0 Å². The Kier molecular flexibility index (Phi) is 5.34. The number of carbonyl (C=O) groups excluding carboxylic acids is 1. The van der Waals surface area contributed by atoms with Crippen LogP contribution >= 0.6 is 0 Å². The number of fused-ring (bicyclic) bond motifs is 3. The lowest BCUT2D eigenvalue weighted by Gasteiger charge is -2.16. The summed E-state index contributed by atoms with van der Waals surface area (Å²) in [5.74, 6) is 1.19. The Bertz CT molecular complexity index is 968. The minimum Gasteiger partial charge on any atom is -0.449 e. The molecule has 6 nitrogen and oxygen atoms in total. The molecule has 1 aliphatic rings. The first-order valence-electron chi connectivity index (χ1n) is 10.0. The quantitative estimate of drug-likeness (QED) is 0.626. The predicted molar refractivity (Wildman–Crippen MR) is 110 cm³/mol. The maximum Gasteiger partial charge on any atom is 0.407 e. The first-order chi connectivity index (χ1) is 14.1. The third-order valence-corrected chi connectivity index (χ3v) is 5.54. The molecule has 2 aromatic carbocycles. The van der Waals surface area contributed by atoms with Gasteiger partial charge >= 0.3 is 6.09 Å². The molecule has 4 rings (SSSR count). The van der Waals surface area contributed by atoms with E-state index in [0.29, 0.717) is 11.8 Å². The maximum absolute atomic E-state index is 12.4. The first kappa shape index (κ1) is 19.2. The van der Waals surface area contributed by atoms with Crippen molar-refractivity contribution in [1.82, 2.24) is 15.5 Å². The number of benzene rings is 2. The molecule has 6 heteroatoms. The van der Waals surface area contributed by atoms with Crippen LogP contribution in [0.4, 0.5) is 4.79 Å². The Balaban J connectivity index is 1.40. The van der Waals surface area contributed by atoms with Crippen molar-refractivity contribution in [1.29, 1.82) is 0 Å². The molecule has 0 spiro atoms. The first-order valence-corrected chi connectivity index (χ1v) is 10.0. The van der Waals surface area contributed by atoms with Crippen LogP contribution in [0.1, 0.15) is 68.0 Å². The Morgan fingerprint density at radius 1 is 1.03 bits per heavy atom. The van der Waals surface area contributed by atoms with Crippen LogP contribution in [0.5, 0.6) is 0 Å². The van der Waals surface area contributed by atoms with E-state index in [9.17, 15) is 4.79 Å². The van der Waals surface area contributed by atoms with Gasteiger partial charge in [0.2, 0.25) is 11.8 Å². The second kappa shape index (κ2) is 8.07. The van der Waals surface area contributed by atoms with Gasteiger partial charge in [-0.3, -0.25) is 0 Å². The van der Waals surface area contributed by atoms with Gasteiger partial charge < -0.3 is 14.5 Å². The average Bonchev–Trinajstić information content (AvgIpc) is 3.35. The summed E-state index contributed by atoms with van der Waals surface area (Å²) in [6.07, 6.45) is 0.415. The fourth-order valence-corrected chi connectivity index (χ4v) is 3.67. The van der Waals surface area contributed by atoms with Crippen molar-refractivity contribution in [3.63, 3.8) is 0 Å². The second-order valence-electron chi connectivity index (χ2n) is 7.48. The number of rotatable bonds is 6. The third-order valence-electron chi connectivity index (χ3n) is 5.54. The highest BCUT2D eigenvalue weighted by Gasteiger charge is 2.29. The van der Waals surface area contributed by atoms with Crippen LogP contribution in [-0.2, 0) is 4.74 Å². The van der Waals surface area contributed by atoms with Crippen molar-refractivity contribution >= 4 is 6.09 Å². The summed E-state index contributed by atoms with van der Waals surface area (Å²) < 4.78 is 11.2. The normalized spacial score (nSPS) is 14.7. The number of hydrogen-bond acceptors (Lipinski definition) is 5. The fraction of sp³-hybridized carbons (Fsp3) is 0.348. The summed E-state index contributed by atoms with van der Waals surface area (Å²) in [7, 11) is 0. The summed E-state index contributed by atoms with van der Waals surface area (Å²) in [5.41, 5.74) is 4.78. The van der Waals surface area contributed by atoms with E-state index in [1.165, 1.54) is 22.3 Å². The van der Waals surface area contributed by atoms with E-state index in [-0.39, 0.29) is 18.4 Å². The molecule has 0 radical (unpaired) electrons. The van der Waals surface area contributed by atoms with Gasteiger partial charge in [-0.05, 0) is 35.6 Å². The number of carbonyl (C=O) groups is 1. The molecule has 0 bridgehead atoms. The van der Waals surface area contributed by atoms with Crippen molar-refractivity contribution < 1.29 is 13.9 Å². The number of nitrogens with one attached hydrogen (secondary N) is 1. The zero-order chi connectivity index (χ0) is 20.4. The predicted octanol–water partition coefficient (Wildman–Crippen LogP) is 5.18. The van der Waals surface area contributed by atoms with Crippen molar-refractivity contribution in [3.8, 4) is 11.1 Å². The molecule has 2 atom stereocenters. The van der Waals surface area contributed by atoms with Gasteiger partial charge in [0, 0.05) is 11.8 Å². The summed E-state index contributed by atoms with van der Waals surface area (Å²) in [5, 5.41) is 10.9. The Hall–Kier alpha value is -3.15. The molecule has 3 aromatic rings. The van der Waals surface area contributed by atoms with E-state index in [0.717, 1.165) is 6.42 Å². The van der Waals surface area contributed by atoms with Crippen LogP contribution in [0.2, 0.25) is 0 Å². The SMILES string of the molecule is CC[C@H](C)c1nnc([C@H](C)NC(=O)OCC2c3ccccc3-c3ccccc32)o1. The highest BCUT2D eigenvalue weighted by Crippen LogP contribution is 2.44. The van der Waals surface area contributed by atoms with Gasteiger partial charge in [0.25, 0.3) is 0 Å². The van der Waals surface area contributed by atoms with E-state index >= 15 is 0 Å². The number of alkyl carbamates (subject to hydrolysis) is 1. The van der Waals surface area contributed by atoms with Gasteiger partial charge in [-0.25, -0.2) is 4.79 Å². The molecule has 150 valence electrons. The third kappa shape index (κ3) is 3.75. The topological polar surface area (TPSA) is 77.2 Å². The largest absolute Gasteiger partial charge is 0.449 e. The van der Waals surface area contributed by atoms with Crippen molar-refractivity contribution in [2.45, 2.75) is 45.1 Å². The van der Waals surface area contributed by atoms with Gasteiger partial charge in [-0.15, -0.1) is 10.2 Å². The molecule has 0 saturated carbocycles. The lowest BCUT2D eigenvalue weighted by molar-refractivity contribution is 0.138. The molecular formula is C23H25N3O3. The number of aromatic nitrogens is 2. The zero-order valence-corrected chi connectivity index (χ0v) is 16.9. The zero-order valence-electron chi connectivity index (χ0n) is 16.9. The number of amides is 1. The van der Waals surface area contributed by atoms with E-state index in [4.69, 9.17) is 9.15 Å². The monoisotopic (exact) mass is 391 g/mol. The van der Waals surface area contributed by atoms with E-state index in [1.54, 1.807) is 6.92 Å². The van der Waals surface area contributed by atoms with Gasteiger partial charge in [-0.2, -0.15) is 0 Å². The average molecular weight is 391 g/mol. The minimum atomic E-state index is -0.498. The standard InChI is InChI=1S/C23H25N3O3/c1-4-14(2)21-25-26-22(29-21)15(3)24-23(27)28-13-20-18-11-7-5-9-16(18)17-10-6-8-12-19(17)20/h5-12,14-15,20H,4,13H2,1-3H3,(H,24,27)/t14-,15-/m0/s1.